The Morgan fingerprint density at radius 3 is 2.17 bits per heavy atom. The van der Waals surface area contributed by atoms with Crippen LogP contribution in [0.3, 0.4) is 0 Å². The lowest BCUT2D eigenvalue weighted by atomic mass is 10.1. The van der Waals surface area contributed by atoms with Gasteiger partial charge >= 0.3 is 17.9 Å². The number of carbonyl (C=O) groups excluding carboxylic acids is 3. The van der Waals surface area contributed by atoms with Crippen LogP contribution in [0.15, 0.2) is 42.5 Å². The van der Waals surface area contributed by atoms with Gasteiger partial charge in [-0.05, 0) is 42.8 Å². The first-order valence-electron chi connectivity index (χ1n) is 9.59. The van der Waals surface area contributed by atoms with Crippen molar-refractivity contribution in [1.82, 2.24) is 0 Å². The van der Waals surface area contributed by atoms with Crippen molar-refractivity contribution < 1.29 is 53.5 Å². The van der Waals surface area contributed by atoms with Crippen molar-refractivity contribution in [2.75, 3.05) is 13.2 Å². The van der Waals surface area contributed by atoms with Crippen LogP contribution >= 0.6 is 0 Å². The molecule has 0 saturated carbocycles. The van der Waals surface area contributed by atoms with Crippen molar-refractivity contribution in [1.29, 1.82) is 0 Å². The molecule has 2 rings (SSSR count). The lowest BCUT2D eigenvalue weighted by molar-refractivity contribution is -0.790. The molecule has 0 fully saturated rings. The highest BCUT2D eigenvalue weighted by Gasteiger charge is 2.21. The van der Waals surface area contributed by atoms with Crippen LogP contribution in [0.2, 0.25) is 0 Å². The number of esters is 1. The number of nitrogens with zero attached hydrogens (tertiary/aromatic N) is 2. The number of hydrogen-bond acceptors (Lipinski definition) is 13. The summed E-state index contributed by atoms with van der Waals surface area (Å²) in [5.74, 6) is -2.69. The van der Waals surface area contributed by atoms with E-state index in [1.807, 2.05) is 0 Å². The molecule has 0 N–H and O–H groups in total. The molecule has 0 radical (unpaired) electrons. The lowest BCUT2D eigenvalue weighted by Gasteiger charge is -2.14. The van der Waals surface area contributed by atoms with E-state index < -0.39 is 47.4 Å². The molecule has 35 heavy (non-hydrogen) atoms. The number of rotatable bonds is 11. The Morgan fingerprint density at radius 1 is 0.914 bits per heavy atom. The third kappa shape index (κ3) is 8.49. The zero-order valence-electron chi connectivity index (χ0n) is 18.2. The molecule has 2 aromatic carbocycles. The summed E-state index contributed by atoms with van der Waals surface area (Å²) in [5, 5.41) is 18.4. The Labute approximate surface area is 196 Å². The van der Waals surface area contributed by atoms with E-state index in [1.54, 1.807) is 13.0 Å². The fraction of sp³-hybridized carbons (Fsp3) is 0.250. The van der Waals surface area contributed by atoms with E-state index in [0.717, 1.165) is 6.92 Å². The van der Waals surface area contributed by atoms with Gasteiger partial charge in [0.15, 0.2) is 6.10 Å². The second-order valence-corrected chi connectivity index (χ2v) is 6.59. The minimum atomic E-state index is -1.39. The van der Waals surface area contributed by atoms with Crippen LogP contribution in [0, 0.1) is 27.2 Å². The summed E-state index contributed by atoms with van der Waals surface area (Å²) in [7, 11) is 0. The van der Waals surface area contributed by atoms with E-state index in [4.69, 9.17) is 9.47 Å². The molecule has 0 aliphatic carbocycles. The molecule has 0 spiro atoms. The predicted octanol–water partition coefficient (Wildman–Crippen LogP) is 2.01. The maximum Gasteiger partial charge on any atom is 0.390 e. The minimum Gasteiger partial charge on any atom is -0.491 e. The van der Waals surface area contributed by atoms with Crippen LogP contribution in [0.4, 0.5) is 0 Å². The Balaban J connectivity index is 1.94. The molecular formula is C20H18N2O13. The predicted molar refractivity (Wildman–Crippen MR) is 110 cm³/mol. The van der Waals surface area contributed by atoms with Gasteiger partial charge in [0.1, 0.15) is 30.3 Å². The molecule has 2 aromatic rings. The number of benzene rings is 2. The van der Waals surface area contributed by atoms with Crippen LogP contribution in [0.25, 0.3) is 0 Å². The molecule has 0 heterocycles. The van der Waals surface area contributed by atoms with Gasteiger partial charge in [-0.3, -0.25) is 4.79 Å². The third-order valence-corrected chi connectivity index (χ3v) is 4.00. The highest BCUT2D eigenvalue weighted by molar-refractivity contribution is 5.95. The lowest BCUT2D eigenvalue weighted by Crippen LogP contribution is -2.30. The molecule has 15 nitrogen and oxygen atoms in total. The summed E-state index contributed by atoms with van der Waals surface area (Å²) in [6.45, 7) is 1.54. The van der Waals surface area contributed by atoms with Gasteiger partial charge in [0.2, 0.25) is 0 Å². The van der Waals surface area contributed by atoms with Crippen LogP contribution in [0.1, 0.15) is 33.2 Å². The molecule has 0 bridgehead atoms. The highest BCUT2D eigenvalue weighted by atomic mass is 17.2. The first-order chi connectivity index (χ1) is 16.6. The molecule has 0 amide bonds. The average molecular weight is 494 g/mol. The molecule has 1 unspecified atom stereocenters. The second-order valence-electron chi connectivity index (χ2n) is 6.59. The molecule has 0 aliphatic rings. The van der Waals surface area contributed by atoms with Gasteiger partial charge in [0, 0.05) is 6.92 Å². The summed E-state index contributed by atoms with van der Waals surface area (Å²) in [6, 6.07) is 9.49. The molecule has 186 valence electrons. The third-order valence-electron chi connectivity index (χ3n) is 4.00. The van der Waals surface area contributed by atoms with Crippen molar-refractivity contribution in [3.05, 3.63) is 79.4 Å². The topological polar surface area (TPSA) is 193 Å². The van der Waals surface area contributed by atoms with Gasteiger partial charge in [-0.2, -0.15) is 0 Å². The monoisotopic (exact) mass is 494 g/mol. The van der Waals surface area contributed by atoms with E-state index in [-0.39, 0.29) is 22.6 Å². The summed E-state index contributed by atoms with van der Waals surface area (Å²) < 4.78 is 10.2. The normalized spacial score (nSPS) is 10.9. The second kappa shape index (κ2) is 12.3. The quantitative estimate of drug-likeness (QED) is 0.145. The van der Waals surface area contributed by atoms with Gasteiger partial charge in [-0.25, -0.2) is 19.4 Å². The van der Waals surface area contributed by atoms with Gasteiger partial charge in [0.25, 0.3) is 10.2 Å². The Bertz CT molecular complexity index is 1100. The van der Waals surface area contributed by atoms with Crippen LogP contribution in [-0.2, 0) is 24.2 Å². The van der Waals surface area contributed by atoms with Crippen molar-refractivity contribution in [2.24, 2.45) is 0 Å². The smallest absolute Gasteiger partial charge is 0.390 e. The van der Waals surface area contributed by atoms with Crippen molar-refractivity contribution in [2.45, 2.75) is 20.0 Å². The number of hydrogen-bond donors (Lipinski definition) is 0. The number of ether oxygens (including phenoxy) is 2. The number of carbonyl (C=O) groups is 3. The van der Waals surface area contributed by atoms with Gasteiger partial charge in [0.05, 0.1) is 5.56 Å². The summed E-state index contributed by atoms with van der Waals surface area (Å²) in [4.78, 5) is 73.8. The number of aryl methyl sites for hydroxylation is 1. The van der Waals surface area contributed by atoms with E-state index >= 15 is 0 Å². The fourth-order valence-electron chi connectivity index (χ4n) is 2.51. The van der Waals surface area contributed by atoms with Crippen LogP contribution in [-0.4, -0.2) is 47.4 Å². The maximum atomic E-state index is 12.3. The Kier molecular flexibility index (Phi) is 9.27. The van der Waals surface area contributed by atoms with E-state index in [0.29, 0.717) is 5.56 Å². The molecule has 0 saturated heterocycles. The molecule has 0 aromatic heterocycles. The molecule has 1 atom stereocenters. The largest absolute Gasteiger partial charge is 0.491 e. The van der Waals surface area contributed by atoms with Crippen LogP contribution < -0.4 is 9.47 Å². The zero-order chi connectivity index (χ0) is 26.0. The Morgan fingerprint density at radius 2 is 1.57 bits per heavy atom. The SMILES string of the molecule is CC(=O)Oc1c(C)cccc1C(=O)OOC(=O)c1ccc(OCC(CO[N+](=O)[O-])O[N+](=O)[O-])cc1. The summed E-state index contributed by atoms with van der Waals surface area (Å²) in [5.41, 5.74) is 0.293. The minimum absolute atomic E-state index is 0.0366. The van der Waals surface area contributed by atoms with Crippen molar-refractivity contribution in [3.63, 3.8) is 0 Å². The summed E-state index contributed by atoms with van der Waals surface area (Å²) in [6.07, 6.45) is -1.39. The van der Waals surface area contributed by atoms with E-state index in [2.05, 4.69) is 19.5 Å². The van der Waals surface area contributed by atoms with E-state index in [9.17, 15) is 34.6 Å². The standard InChI is InChI=1S/C20H18N2O13/c1-12-4-3-5-17(18(12)32-13(2)23)20(25)35-34-19(24)14-6-8-15(9-7-14)30-10-16(33-22(28)29)11-31-21(26)27/h3-9,16H,10-11H2,1-2H3. The summed E-state index contributed by atoms with van der Waals surface area (Å²) >= 11 is 0. The van der Waals surface area contributed by atoms with Crippen molar-refractivity contribution >= 4 is 17.9 Å². The Hall–Kier alpha value is -4.95. The zero-order valence-corrected chi connectivity index (χ0v) is 18.2. The van der Waals surface area contributed by atoms with Crippen LogP contribution in [0.5, 0.6) is 11.5 Å². The average Bonchev–Trinajstić information content (AvgIpc) is 2.80. The first-order valence-corrected chi connectivity index (χ1v) is 9.59. The number of para-hydroxylation sites is 1. The highest BCUT2D eigenvalue weighted by Crippen LogP contribution is 2.24. The van der Waals surface area contributed by atoms with Gasteiger partial charge in [-0.1, -0.05) is 12.1 Å². The van der Waals surface area contributed by atoms with Gasteiger partial charge < -0.3 is 19.1 Å². The van der Waals surface area contributed by atoms with Gasteiger partial charge in [-0.15, -0.1) is 20.2 Å². The van der Waals surface area contributed by atoms with E-state index in [1.165, 1.54) is 36.4 Å². The maximum absolute atomic E-state index is 12.3. The van der Waals surface area contributed by atoms with Crippen molar-refractivity contribution in [3.8, 4) is 11.5 Å². The first kappa shape index (κ1) is 26.3. The molecule has 15 heteroatoms. The fourth-order valence-corrected chi connectivity index (χ4v) is 2.51. The molecule has 0 aliphatic heterocycles. The molecular weight excluding hydrogens is 476 g/mol.